The van der Waals surface area contributed by atoms with Crippen LogP contribution in [0, 0.1) is 17.8 Å². The summed E-state index contributed by atoms with van der Waals surface area (Å²) in [5, 5.41) is 0. The van der Waals surface area contributed by atoms with Gasteiger partial charge in [-0.15, -0.1) is 0 Å². The van der Waals surface area contributed by atoms with Crippen LogP contribution in [0.15, 0.2) is 30.3 Å². The molecular formula is C17H20O3. The summed E-state index contributed by atoms with van der Waals surface area (Å²) in [5.41, 5.74) is 0.598. The molecule has 1 aromatic rings. The fraction of sp³-hybridized carbons (Fsp3) is 0.529. The first-order chi connectivity index (χ1) is 9.65. The third kappa shape index (κ3) is 2.49. The van der Waals surface area contributed by atoms with Crippen molar-refractivity contribution in [2.75, 3.05) is 0 Å². The molecule has 0 heterocycles. The van der Waals surface area contributed by atoms with Crippen molar-refractivity contribution >= 4 is 11.8 Å². The van der Waals surface area contributed by atoms with E-state index in [0.29, 0.717) is 17.4 Å². The highest BCUT2D eigenvalue weighted by Crippen LogP contribution is 2.48. The molecule has 2 bridgehead atoms. The number of Topliss-reactive ketones (excluding diaryl/α,β-unsaturated/α-hetero) is 1. The van der Waals surface area contributed by atoms with Crippen LogP contribution in [0.2, 0.25) is 0 Å². The lowest BCUT2D eigenvalue weighted by atomic mass is 9.89. The Morgan fingerprint density at radius 2 is 1.90 bits per heavy atom. The summed E-state index contributed by atoms with van der Waals surface area (Å²) in [6.07, 6.45) is 3.83. The molecule has 3 rings (SSSR count). The van der Waals surface area contributed by atoms with Gasteiger partial charge in [-0.2, -0.15) is 0 Å². The number of hydrogen-bond acceptors (Lipinski definition) is 3. The Labute approximate surface area is 119 Å². The molecule has 106 valence electrons. The average Bonchev–Trinajstić information content (AvgIpc) is 3.10. The number of ether oxygens (including phenoxy) is 1. The van der Waals surface area contributed by atoms with Gasteiger partial charge in [-0.1, -0.05) is 36.8 Å². The van der Waals surface area contributed by atoms with Crippen LogP contribution in [0.3, 0.4) is 0 Å². The molecule has 2 fully saturated rings. The minimum atomic E-state index is -0.691. The topological polar surface area (TPSA) is 43.4 Å². The highest BCUT2D eigenvalue weighted by atomic mass is 16.5. The Kier molecular flexibility index (Phi) is 3.60. The zero-order valence-corrected chi connectivity index (χ0v) is 11.7. The number of carbonyl (C=O) groups excluding carboxylic acids is 2. The van der Waals surface area contributed by atoms with Gasteiger partial charge in [-0.3, -0.25) is 9.59 Å². The van der Waals surface area contributed by atoms with Crippen LogP contribution in [0.4, 0.5) is 0 Å². The Morgan fingerprint density at radius 1 is 1.15 bits per heavy atom. The molecule has 2 saturated carbocycles. The van der Waals surface area contributed by atoms with Crippen LogP contribution in [-0.2, 0) is 9.53 Å². The molecule has 0 aliphatic heterocycles. The Balaban J connectivity index is 1.60. The van der Waals surface area contributed by atoms with Crippen LogP contribution < -0.4 is 0 Å². The first-order valence-corrected chi connectivity index (χ1v) is 7.45. The molecular weight excluding hydrogens is 252 g/mol. The van der Waals surface area contributed by atoms with Gasteiger partial charge in [-0.25, -0.2) is 0 Å². The summed E-state index contributed by atoms with van der Waals surface area (Å²) in [6.45, 7) is 1.67. The third-order valence-corrected chi connectivity index (χ3v) is 4.76. The van der Waals surface area contributed by atoms with E-state index in [4.69, 9.17) is 4.74 Å². The van der Waals surface area contributed by atoms with Gasteiger partial charge in [0.1, 0.15) is 0 Å². The van der Waals surface area contributed by atoms with E-state index in [1.54, 1.807) is 19.1 Å². The standard InChI is InChI=1S/C17H20O3/c1-11(16(18)13-5-3-2-4-6-13)20-17(19)15-10-12-7-8-14(15)9-12/h2-6,11-12,14-15H,7-10H2,1H3. The summed E-state index contributed by atoms with van der Waals surface area (Å²) in [5.74, 6) is 0.931. The van der Waals surface area contributed by atoms with E-state index in [-0.39, 0.29) is 17.7 Å². The van der Waals surface area contributed by atoms with Crippen LogP contribution in [0.5, 0.6) is 0 Å². The maximum absolute atomic E-state index is 12.2. The molecule has 0 spiro atoms. The number of ketones is 1. The van der Waals surface area contributed by atoms with Gasteiger partial charge in [0.2, 0.25) is 5.78 Å². The van der Waals surface area contributed by atoms with Gasteiger partial charge in [0.25, 0.3) is 0 Å². The summed E-state index contributed by atoms with van der Waals surface area (Å²) < 4.78 is 5.41. The third-order valence-electron chi connectivity index (χ3n) is 4.76. The van der Waals surface area contributed by atoms with E-state index in [1.807, 2.05) is 18.2 Å². The molecule has 1 aromatic carbocycles. The minimum Gasteiger partial charge on any atom is -0.454 e. The molecule has 0 radical (unpaired) electrons. The molecule has 3 nitrogen and oxygen atoms in total. The van der Waals surface area contributed by atoms with Gasteiger partial charge in [0.15, 0.2) is 6.10 Å². The zero-order valence-electron chi connectivity index (χ0n) is 11.7. The van der Waals surface area contributed by atoms with Gasteiger partial charge in [-0.05, 0) is 38.0 Å². The van der Waals surface area contributed by atoms with E-state index in [2.05, 4.69) is 0 Å². The molecule has 0 N–H and O–H groups in total. The van der Waals surface area contributed by atoms with Crippen molar-refractivity contribution in [3.8, 4) is 0 Å². The zero-order chi connectivity index (χ0) is 14.1. The van der Waals surface area contributed by atoms with E-state index >= 15 is 0 Å². The van der Waals surface area contributed by atoms with Gasteiger partial charge in [0, 0.05) is 5.56 Å². The molecule has 0 saturated heterocycles. The number of esters is 1. The van der Waals surface area contributed by atoms with E-state index in [1.165, 1.54) is 12.8 Å². The molecule has 4 unspecified atom stereocenters. The number of hydrogen-bond donors (Lipinski definition) is 0. The van der Waals surface area contributed by atoms with E-state index < -0.39 is 6.10 Å². The second kappa shape index (κ2) is 5.39. The van der Waals surface area contributed by atoms with Crippen LogP contribution in [-0.4, -0.2) is 17.9 Å². The van der Waals surface area contributed by atoms with E-state index in [9.17, 15) is 9.59 Å². The van der Waals surface area contributed by atoms with Crippen molar-refractivity contribution in [1.29, 1.82) is 0 Å². The summed E-state index contributed by atoms with van der Waals surface area (Å²) in [7, 11) is 0. The van der Waals surface area contributed by atoms with Crippen molar-refractivity contribution < 1.29 is 14.3 Å². The molecule has 0 amide bonds. The first-order valence-electron chi connectivity index (χ1n) is 7.45. The van der Waals surface area contributed by atoms with Gasteiger partial charge in [0.05, 0.1) is 5.92 Å². The fourth-order valence-electron chi connectivity index (χ4n) is 3.69. The first kappa shape index (κ1) is 13.3. The molecule has 2 aliphatic rings. The van der Waals surface area contributed by atoms with Crippen molar-refractivity contribution in [2.24, 2.45) is 17.8 Å². The number of carbonyl (C=O) groups is 2. The van der Waals surface area contributed by atoms with Crippen molar-refractivity contribution in [3.05, 3.63) is 35.9 Å². The maximum atomic E-state index is 12.2. The largest absolute Gasteiger partial charge is 0.454 e. The number of benzene rings is 1. The smallest absolute Gasteiger partial charge is 0.309 e. The molecule has 2 aliphatic carbocycles. The molecule has 4 atom stereocenters. The van der Waals surface area contributed by atoms with Crippen LogP contribution >= 0.6 is 0 Å². The average molecular weight is 272 g/mol. The maximum Gasteiger partial charge on any atom is 0.309 e. The van der Waals surface area contributed by atoms with Crippen molar-refractivity contribution in [1.82, 2.24) is 0 Å². The lowest BCUT2D eigenvalue weighted by Gasteiger charge is -2.22. The lowest BCUT2D eigenvalue weighted by Crippen LogP contribution is -2.30. The Hall–Kier alpha value is -1.64. The minimum absolute atomic E-state index is 0.0276. The SMILES string of the molecule is CC(OC(=O)C1CC2CCC1C2)C(=O)c1ccccc1. The van der Waals surface area contributed by atoms with Crippen LogP contribution in [0.1, 0.15) is 43.0 Å². The highest BCUT2D eigenvalue weighted by molar-refractivity contribution is 6.00. The summed E-state index contributed by atoms with van der Waals surface area (Å²) >= 11 is 0. The second-order valence-corrected chi connectivity index (χ2v) is 6.09. The monoisotopic (exact) mass is 272 g/mol. The van der Waals surface area contributed by atoms with Crippen molar-refractivity contribution in [3.63, 3.8) is 0 Å². The summed E-state index contributed by atoms with van der Waals surface area (Å²) in [6, 6.07) is 9.01. The Morgan fingerprint density at radius 3 is 2.50 bits per heavy atom. The van der Waals surface area contributed by atoms with Gasteiger partial charge < -0.3 is 4.74 Å². The lowest BCUT2D eigenvalue weighted by molar-refractivity contribution is -0.153. The predicted octanol–water partition coefficient (Wildman–Crippen LogP) is 3.24. The normalized spacial score (nSPS) is 29.1. The Bertz CT molecular complexity index is 508. The summed E-state index contributed by atoms with van der Waals surface area (Å²) in [4.78, 5) is 24.4. The second-order valence-electron chi connectivity index (χ2n) is 6.09. The quantitative estimate of drug-likeness (QED) is 0.624. The van der Waals surface area contributed by atoms with E-state index in [0.717, 1.165) is 12.8 Å². The fourth-order valence-corrected chi connectivity index (χ4v) is 3.69. The number of fused-ring (bicyclic) bond motifs is 2. The molecule has 20 heavy (non-hydrogen) atoms. The number of rotatable bonds is 4. The molecule has 0 aromatic heterocycles. The molecule has 3 heteroatoms. The highest BCUT2D eigenvalue weighted by Gasteiger charge is 2.44. The van der Waals surface area contributed by atoms with Crippen molar-refractivity contribution in [2.45, 2.75) is 38.7 Å². The predicted molar refractivity (Wildman–Crippen MR) is 75.3 cm³/mol. The van der Waals surface area contributed by atoms with Crippen LogP contribution in [0.25, 0.3) is 0 Å². The van der Waals surface area contributed by atoms with Gasteiger partial charge >= 0.3 is 5.97 Å².